The first-order chi connectivity index (χ1) is 14.2. The van der Waals surface area contributed by atoms with Gasteiger partial charge in [-0.25, -0.2) is 14.2 Å². The molecule has 0 aliphatic heterocycles. The Bertz CT molecular complexity index is 1150. The van der Waals surface area contributed by atoms with Gasteiger partial charge in [-0.2, -0.15) is 0 Å². The molecule has 1 fully saturated rings. The molecule has 9 nitrogen and oxygen atoms in total. The van der Waals surface area contributed by atoms with Gasteiger partial charge in [-0.1, -0.05) is 11.3 Å². The van der Waals surface area contributed by atoms with Gasteiger partial charge in [0.1, 0.15) is 5.52 Å². The van der Waals surface area contributed by atoms with Crippen LogP contribution in [0.1, 0.15) is 12.8 Å². The van der Waals surface area contributed by atoms with Gasteiger partial charge in [-0.3, -0.25) is 0 Å². The molecule has 9 heteroatoms. The van der Waals surface area contributed by atoms with Crippen molar-refractivity contribution in [1.82, 2.24) is 29.6 Å². The molecule has 1 aliphatic carbocycles. The van der Waals surface area contributed by atoms with Gasteiger partial charge in [0.05, 0.1) is 36.5 Å². The standard InChI is InChI=1S/C20H23N7O2/c1-26-18-9-13(3-4-17(18)23-25-26)16-5-6-27-19(16)12-21-20(24-27)22-14-10-15(11-14)29-8-7-28-2/h3-6,9,12,14-15H,7-8,10-11H2,1-2H3,(H,22,24)/t14-,15-. The van der Waals surface area contributed by atoms with Crippen LogP contribution in [-0.4, -0.2) is 62.1 Å². The van der Waals surface area contributed by atoms with Gasteiger partial charge in [0.25, 0.3) is 0 Å². The Kier molecular flexibility index (Phi) is 4.61. The fraction of sp³-hybridized carbons (Fsp3) is 0.400. The van der Waals surface area contributed by atoms with Crippen molar-refractivity contribution in [3.8, 4) is 11.1 Å². The molecule has 150 valence electrons. The van der Waals surface area contributed by atoms with Crippen LogP contribution in [0.25, 0.3) is 27.7 Å². The predicted octanol–water partition coefficient (Wildman–Crippen LogP) is 2.28. The van der Waals surface area contributed by atoms with Crippen LogP contribution in [0.4, 0.5) is 5.95 Å². The van der Waals surface area contributed by atoms with E-state index in [0.717, 1.165) is 40.5 Å². The summed E-state index contributed by atoms with van der Waals surface area (Å²) in [5.41, 5.74) is 5.00. The minimum Gasteiger partial charge on any atom is -0.382 e. The molecule has 1 aromatic carbocycles. The summed E-state index contributed by atoms with van der Waals surface area (Å²) in [7, 11) is 3.58. The van der Waals surface area contributed by atoms with Crippen LogP contribution in [0.3, 0.4) is 0 Å². The smallest absolute Gasteiger partial charge is 0.241 e. The molecule has 0 saturated heterocycles. The average Bonchev–Trinajstić information content (AvgIpc) is 3.29. The molecule has 0 amide bonds. The molecule has 0 unspecified atom stereocenters. The molecule has 0 atom stereocenters. The topological polar surface area (TPSA) is 91.4 Å². The van der Waals surface area contributed by atoms with Crippen molar-refractivity contribution in [2.45, 2.75) is 25.0 Å². The molecule has 3 heterocycles. The largest absolute Gasteiger partial charge is 0.382 e. The van der Waals surface area contributed by atoms with E-state index in [9.17, 15) is 0 Å². The Morgan fingerprint density at radius 2 is 2.07 bits per heavy atom. The molecular weight excluding hydrogens is 370 g/mol. The van der Waals surface area contributed by atoms with Gasteiger partial charge in [0.2, 0.25) is 5.95 Å². The Morgan fingerprint density at radius 1 is 1.17 bits per heavy atom. The van der Waals surface area contributed by atoms with Gasteiger partial charge in [-0.15, -0.1) is 10.2 Å². The van der Waals surface area contributed by atoms with Crippen molar-refractivity contribution in [2.24, 2.45) is 7.05 Å². The first-order valence-electron chi connectivity index (χ1n) is 9.72. The number of nitrogens with zero attached hydrogens (tertiary/aromatic N) is 6. The second-order valence-electron chi connectivity index (χ2n) is 7.36. The molecule has 3 aromatic heterocycles. The third-order valence-electron chi connectivity index (χ3n) is 5.41. The highest BCUT2D eigenvalue weighted by Gasteiger charge is 2.30. The molecule has 4 aromatic rings. The molecule has 5 rings (SSSR count). The van der Waals surface area contributed by atoms with Crippen molar-refractivity contribution in [2.75, 3.05) is 25.6 Å². The highest BCUT2D eigenvalue weighted by atomic mass is 16.5. The summed E-state index contributed by atoms with van der Waals surface area (Å²) in [6.07, 6.45) is 6.03. The van der Waals surface area contributed by atoms with Crippen LogP contribution in [0.5, 0.6) is 0 Å². The summed E-state index contributed by atoms with van der Waals surface area (Å²) in [6.45, 7) is 1.28. The summed E-state index contributed by atoms with van der Waals surface area (Å²) in [5.74, 6) is 0.631. The van der Waals surface area contributed by atoms with E-state index in [-0.39, 0.29) is 0 Å². The number of fused-ring (bicyclic) bond motifs is 2. The lowest BCUT2D eigenvalue weighted by Gasteiger charge is -2.35. The van der Waals surface area contributed by atoms with Gasteiger partial charge >= 0.3 is 0 Å². The minimum atomic E-state index is 0.293. The number of rotatable bonds is 7. The van der Waals surface area contributed by atoms with E-state index in [1.807, 2.05) is 30.0 Å². The highest BCUT2D eigenvalue weighted by Crippen LogP contribution is 2.29. The minimum absolute atomic E-state index is 0.293. The zero-order chi connectivity index (χ0) is 19.8. The lowest BCUT2D eigenvalue weighted by atomic mass is 9.89. The average molecular weight is 393 g/mol. The molecule has 29 heavy (non-hydrogen) atoms. The summed E-state index contributed by atoms with van der Waals surface area (Å²) in [5, 5.41) is 16.2. The van der Waals surface area contributed by atoms with Crippen LogP contribution in [0.2, 0.25) is 0 Å². The van der Waals surface area contributed by atoms with Crippen LogP contribution in [0, 0.1) is 0 Å². The summed E-state index contributed by atoms with van der Waals surface area (Å²) in [4.78, 5) is 4.52. The zero-order valence-electron chi connectivity index (χ0n) is 16.4. The third-order valence-corrected chi connectivity index (χ3v) is 5.41. The Labute approximate surface area is 167 Å². The predicted molar refractivity (Wildman–Crippen MR) is 109 cm³/mol. The molecule has 1 N–H and O–H groups in total. The maximum atomic E-state index is 5.72. The first-order valence-corrected chi connectivity index (χ1v) is 9.72. The molecule has 0 bridgehead atoms. The van der Waals surface area contributed by atoms with Crippen LogP contribution in [-0.2, 0) is 16.5 Å². The number of benzene rings is 1. The molecule has 0 spiro atoms. The number of ether oxygens (including phenoxy) is 2. The number of hydrogen-bond acceptors (Lipinski definition) is 7. The van der Waals surface area contributed by atoms with E-state index in [0.29, 0.717) is 31.3 Å². The fourth-order valence-corrected chi connectivity index (χ4v) is 3.71. The van der Waals surface area contributed by atoms with Gasteiger partial charge < -0.3 is 14.8 Å². The third kappa shape index (κ3) is 3.43. The van der Waals surface area contributed by atoms with Crippen molar-refractivity contribution in [3.63, 3.8) is 0 Å². The lowest BCUT2D eigenvalue weighted by molar-refractivity contribution is -0.0261. The van der Waals surface area contributed by atoms with E-state index < -0.39 is 0 Å². The second-order valence-corrected chi connectivity index (χ2v) is 7.36. The first kappa shape index (κ1) is 18.0. The fourth-order valence-electron chi connectivity index (χ4n) is 3.71. The Hall–Kier alpha value is -3.04. The summed E-state index contributed by atoms with van der Waals surface area (Å²) in [6, 6.07) is 8.53. The zero-order valence-corrected chi connectivity index (χ0v) is 16.4. The Morgan fingerprint density at radius 3 is 2.93 bits per heavy atom. The van der Waals surface area contributed by atoms with Crippen molar-refractivity contribution >= 4 is 22.5 Å². The highest BCUT2D eigenvalue weighted by molar-refractivity contribution is 5.87. The molecule has 1 aliphatic rings. The van der Waals surface area contributed by atoms with E-state index in [1.165, 1.54) is 0 Å². The van der Waals surface area contributed by atoms with E-state index in [4.69, 9.17) is 9.47 Å². The normalized spacial score (nSPS) is 19.0. The number of aromatic nitrogens is 6. The number of methoxy groups -OCH3 is 1. The lowest BCUT2D eigenvalue weighted by Crippen LogP contribution is -2.41. The molecular formula is C20H23N7O2. The Balaban J connectivity index is 1.30. The number of nitrogens with one attached hydrogen (secondary N) is 1. The SMILES string of the molecule is COCCO[C@H]1C[C@H](Nc2ncc3c(-c4ccc5nnn(C)c5c4)ccn3n2)C1. The van der Waals surface area contributed by atoms with E-state index in [1.54, 1.807) is 11.8 Å². The summed E-state index contributed by atoms with van der Waals surface area (Å²) < 4.78 is 14.4. The van der Waals surface area contributed by atoms with Crippen LogP contribution >= 0.6 is 0 Å². The maximum absolute atomic E-state index is 5.72. The van der Waals surface area contributed by atoms with Crippen molar-refractivity contribution < 1.29 is 9.47 Å². The van der Waals surface area contributed by atoms with E-state index in [2.05, 4.69) is 43.9 Å². The number of hydrogen-bond donors (Lipinski definition) is 1. The van der Waals surface area contributed by atoms with Gasteiger partial charge in [-0.05, 0) is 36.6 Å². The molecule has 0 radical (unpaired) electrons. The summed E-state index contributed by atoms with van der Waals surface area (Å²) >= 11 is 0. The number of aryl methyl sites for hydroxylation is 1. The van der Waals surface area contributed by atoms with Gasteiger partial charge in [0, 0.05) is 32.0 Å². The number of anilines is 1. The maximum Gasteiger partial charge on any atom is 0.241 e. The monoisotopic (exact) mass is 393 g/mol. The van der Waals surface area contributed by atoms with Crippen molar-refractivity contribution in [3.05, 3.63) is 36.7 Å². The quantitative estimate of drug-likeness (QED) is 0.482. The second kappa shape index (κ2) is 7.41. The molecule has 1 saturated carbocycles. The van der Waals surface area contributed by atoms with Crippen LogP contribution in [0.15, 0.2) is 36.7 Å². The van der Waals surface area contributed by atoms with Crippen molar-refractivity contribution in [1.29, 1.82) is 0 Å². The van der Waals surface area contributed by atoms with E-state index >= 15 is 0 Å². The van der Waals surface area contributed by atoms with Crippen LogP contribution < -0.4 is 5.32 Å². The van der Waals surface area contributed by atoms with Gasteiger partial charge in [0.15, 0.2) is 0 Å².